The highest BCUT2D eigenvalue weighted by Crippen LogP contribution is 2.38. The van der Waals surface area contributed by atoms with Crippen molar-refractivity contribution >= 4 is 33.1 Å². The molecule has 2 aliphatic heterocycles. The fraction of sp³-hybridized carbons (Fsp3) is 0.296. The molecule has 0 unspecified atom stereocenters. The quantitative estimate of drug-likeness (QED) is 0.441. The number of ether oxygens (including phenoxy) is 1. The number of pyridine rings is 1. The first-order valence-corrected chi connectivity index (χ1v) is 12.5. The van der Waals surface area contributed by atoms with Crippen molar-refractivity contribution < 1.29 is 9.84 Å². The molecule has 1 N–H and O–H groups in total. The van der Waals surface area contributed by atoms with Gasteiger partial charge in [0, 0.05) is 46.5 Å². The van der Waals surface area contributed by atoms with E-state index in [1.807, 2.05) is 42.6 Å². The molecule has 1 saturated heterocycles. The lowest BCUT2D eigenvalue weighted by molar-refractivity contribution is -0.0254. The van der Waals surface area contributed by atoms with E-state index in [-0.39, 0.29) is 0 Å². The van der Waals surface area contributed by atoms with Crippen LogP contribution in [0.15, 0.2) is 71.3 Å². The molecule has 3 aromatic rings. The molecule has 1 fully saturated rings. The molecule has 33 heavy (non-hydrogen) atoms. The van der Waals surface area contributed by atoms with Crippen molar-refractivity contribution in [3.8, 4) is 5.75 Å². The van der Waals surface area contributed by atoms with Crippen LogP contribution >= 0.6 is 27.5 Å². The fourth-order valence-corrected chi connectivity index (χ4v) is 5.20. The molecule has 0 radical (unpaired) electrons. The van der Waals surface area contributed by atoms with Crippen LogP contribution in [0.5, 0.6) is 5.75 Å². The van der Waals surface area contributed by atoms with Crippen LogP contribution < -0.4 is 4.74 Å². The van der Waals surface area contributed by atoms with Gasteiger partial charge in [-0.3, -0.25) is 4.98 Å². The van der Waals surface area contributed by atoms with Crippen molar-refractivity contribution in [2.24, 2.45) is 0 Å². The highest BCUT2D eigenvalue weighted by atomic mass is 79.9. The van der Waals surface area contributed by atoms with Crippen LogP contribution in [0.2, 0.25) is 5.02 Å². The van der Waals surface area contributed by atoms with E-state index >= 15 is 0 Å². The van der Waals surface area contributed by atoms with Crippen molar-refractivity contribution in [2.75, 3.05) is 19.6 Å². The van der Waals surface area contributed by atoms with Gasteiger partial charge in [0.2, 0.25) is 0 Å². The Morgan fingerprint density at radius 3 is 2.67 bits per heavy atom. The molecule has 2 aliphatic rings. The van der Waals surface area contributed by atoms with E-state index in [0.29, 0.717) is 11.6 Å². The van der Waals surface area contributed by atoms with E-state index in [0.717, 1.165) is 71.5 Å². The minimum atomic E-state index is -0.769. The number of piperidine rings is 1. The summed E-state index contributed by atoms with van der Waals surface area (Å²) in [7, 11) is 0. The summed E-state index contributed by atoms with van der Waals surface area (Å²) in [6.45, 7) is 3.15. The summed E-state index contributed by atoms with van der Waals surface area (Å²) in [6.07, 6.45) is 6.49. The molecule has 4 nitrogen and oxygen atoms in total. The van der Waals surface area contributed by atoms with E-state index in [9.17, 15) is 5.11 Å². The van der Waals surface area contributed by atoms with Gasteiger partial charge in [0.25, 0.3) is 0 Å². The van der Waals surface area contributed by atoms with Crippen molar-refractivity contribution in [3.63, 3.8) is 0 Å². The molecule has 0 spiro atoms. The van der Waals surface area contributed by atoms with E-state index in [1.165, 1.54) is 5.57 Å². The Balaban J connectivity index is 1.30. The number of aromatic nitrogens is 1. The first-order valence-electron chi connectivity index (χ1n) is 11.3. The number of nitrogens with zero attached hydrogens (tertiary/aromatic N) is 2. The molecule has 5 rings (SSSR count). The summed E-state index contributed by atoms with van der Waals surface area (Å²) in [5.41, 5.74) is 4.55. The topological polar surface area (TPSA) is 45.6 Å². The lowest BCUT2D eigenvalue weighted by Gasteiger charge is -2.38. The number of halogens is 2. The maximum atomic E-state index is 11.1. The van der Waals surface area contributed by atoms with Gasteiger partial charge in [0.05, 0.1) is 11.3 Å². The SMILES string of the molecule is OC1(c2ccc(Cl)cc2)CCN(CCC=C2c3ccc(Br)cc3OCc3ncccc32)CC1. The number of likely N-dealkylation sites (tertiary alicyclic amines) is 1. The van der Waals surface area contributed by atoms with Crippen molar-refractivity contribution in [1.29, 1.82) is 0 Å². The summed E-state index contributed by atoms with van der Waals surface area (Å²) in [6, 6.07) is 17.9. The summed E-state index contributed by atoms with van der Waals surface area (Å²) < 4.78 is 7.08. The summed E-state index contributed by atoms with van der Waals surface area (Å²) in [5, 5.41) is 11.8. The molecule has 1 aromatic heterocycles. The summed E-state index contributed by atoms with van der Waals surface area (Å²) >= 11 is 9.57. The van der Waals surface area contributed by atoms with Crippen LogP contribution in [0.3, 0.4) is 0 Å². The smallest absolute Gasteiger partial charge is 0.131 e. The summed E-state index contributed by atoms with van der Waals surface area (Å²) in [5.74, 6) is 0.875. The number of benzene rings is 2. The lowest BCUT2D eigenvalue weighted by atomic mass is 9.84. The Labute approximate surface area is 208 Å². The van der Waals surface area contributed by atoms with Gasteiger partial charge in [-0.15, -0.1) is 0 Å². The van der Waals surface area contributed by atoms with Crippen LogP contribution in [0.4, 0.5) is 0 Å². The highest BCUT2D eigenvalue weighted by molar-refractivity contribution is 9.10. The average molecular weight is 526 g/mol. The molecular weight excluding hydrogens is 500 g/mol. The van der Waals surface area contributed by atoms with Crippen LogP contribution in [0.25, 0.3) is 5.57 Å². The number of hydrogen-bond acceptors (Lipinski definition) is 4. The Bertz CT molecular complexity index is 1170. The van der Waals surface area contributed by atoms with E-state index in [1.54, 1.807) is 0 Å². The zero-order valence-electron chi connectivity index (χ0n) is 18.3. The third-order valence-electron chi connectivity index (χ3n) is 6.64. The van der Waals surface area contributed by atoms with E-state index in [2.05, 4.69) is 50.1 Å². The van der Waals surface area contributed by atoms with Gasteiger partial charge >= 0.3 is 0 Å². The first kappa shape index (κ1) is 22.6. The maximum absolute atomic E-state index is 11.1. The van der Waals surface area contributed by atoms with Gasteiger partial charge in [-0.25, -0.2) is 0 Å². The second-order valence-electron chi connectivity index (χ2n) is 8.71. The molecule has 2 aromatic carbocycles. The minimum Gasteiger partial charge on any atom is -0.487 e. The predicted molar refractivity (Wildman–Crippen MR) is 135 cm³/mol. The number of fused-ring (bicyclic) bond motifs is 2. The lowest BCUT2D eigenvalue weighted by Crippen LogP contribution is -2.42. The van der Waals surface area contributed by atoms with Gasteiger partial charge in [-0.05, 0) is 66.8 Å². The van der Waals surface area contributed by atoms with Gasteiger partial charge in [0.1, 0.15) is 12.4 Å². The third-order valence-corrected chi connectivity index (χ3v) is 7.38. The molecule has 0 aliphatic carbocycles. The normalized spacial score (nSPS) is 18.8. The Morgan fingerprint density at radius 2 is 1.88 bits per heavy atom. The molecule has 0 bridgehead atoms. The van der Waals surface area contributed by atoms with Crippen LogP contribution in [0, 0.1) is 0 Å². The van der Waals surface area contributed by atoms with E-state index < -0.39 is 5.60 Å². The Kier molecular flexibility index (Phi) is 6.57. The van der Waals surface area contributed by atoms with Crippen LogP contribution in [-0.4, -0.2) is 34.6 Å². The van der Waals surface area contributed by atoms with Gasteiger partial charge in [0.15, 0.2) is 0 Å². The van der Waals surface area contributed by atoms with Crippen LogP contribution in [0.1, 0.15) is 41.6 Å². The number of rotatable bonds is 4. The van der Waals surface area contributed by atoms with Crippen molar-refractivity contribution in [2.45, 2.75) is 31.5 Å². The summed E-state index contributed by atoms with van der Waals surface area (Å²) in [4.78, 5) is 6.99. The second-order valence-corrected chi connectivity index (χ2v) is 10.1. The van der Waals surface area contributed by atoms with Gasteiger partial charge in [-0.2, -0.15) is 0 Å². The average Bonchev–Trinajstić information content (AvgIpc) is 2.98. The zero-order chi connectivity index (χ0) is 22.8. The molecule has 0 atom stereocenters. The molecule has 170 valence electrons. The van der Waals surface area contributed by atoms with Gasteiger partial charge < -0.3 is 14.7 Å². The zero-order valence-corrected chi connectivity index (χ0v) is 20.6. The fourth-order valence-electron chi connectivity index (χ4n) is 4.73. The maximum Gasteiger partial charge on any atom is 0.131 e. The van der Waals surface area contributed by atoms with Gasteiger partial charge in [-0.1, -0.05) is 51.8 Å². The molecule has 6 heteroatoms. The number of hydrogen-bond donors (Lipinski definition) is 1. The second kappa shape index (κ2) is 9.59. The standard InChI is InChI=1S/C27H26BrClN2O2/c28-20-7-10-24-22(23-3-1-13-30-25(23)18-33-26(24)17-20)4-2-14-31-15-11-27(32,12-16-31)19-5-8-21(29)9-6-19/h1,3-10,13,17,32H,2,11-12,14-16,18H2. The van der Waals surface area contributed by atoms with Crippen LogP contribution in [-0.2, 0) is 12.2 Å². The van der Waals surface area contributed by atoms with Crippen molar-refractivity contribution in [1.82, 2.24) is 9.88 Å². The molecule has 3 heterocycles. The number of aliphatic hydroxyl groups is 1. The first-order chi connectivity index (χ1) is 16.0. The third kappa shape index (κ3) is 4.87. The highest BCUT2D eigenvalue weighted by Gasteiger charge is 2.33. The molecule has 0 saturated carbocycles. The molecular formula is C27H26BrClN2O2. The Hall–Kier alpha value is -2.18. The molecule has 0 amide bonds. The van der Waals surface area contributed by atoms with Crippen molar-refractivity contribution in [3.05, 3.63) is 98.7 Å². The monoisotopic (exact) mass is 524 g/mol. The largest absolute Gasteiger partial charge is 0.487 e. The van der Waals surface area contributed by atoms with E-state index in [4.69, 9.17) is 16.3 Å². The predicted octanol–water partition coefficient (Wildman–Crippen LogP) is 6.20. The minimum absolute atomic E-state index is 0.465. The Morgan fingerprint density at radius 1 is 1.09 bits per heavy atom.